The van der Waals surface area contributed by atoms with Crippen molar-refractivity contribution in [2.45, 2.75) is 12.7 Å². The fraction of sp³-hybridized carbons (Fsp3) is 0.100. The average Bonchev–Trinajstić information content (AvgIpc) is 3.29. The van der Waals surface area contributed by atoms with E-state index in [1.807, 2.05) is 24.3 Å². The van der Waals surface area contributed by atoms with Gasteiger partial charge in [0.15, 0.2) is 0 Å². The lowest BCUT2D eigenvalue weighted by Gasteiger charge is -2.08. The van der Waals surface area contributed by atoms with Crippen molar-refractivity contribution in [2.75, 3.05) is 5.32 Å². The van der Waals surface area contributed by atoms with Crippen LogP contribution in [0.2, 0.25) is 0 Å². The number of alkyl halides is 3. The predicted molar refractivity (Wildman–Crippen MR) is 99.0 cm³/mol. The van der Waals surface area contributed by atoms with Crippen molar-refractivity contribution in [1.29, 1.82) is 0 Å². The monoisotopic (exact) mass is 384 g/mol. The molecule has 1 amide bonds. The molecule has 4 rings (SSSR count). The first-order valence-electron chi connectivity index (χ1n) is 8.45. The van der Waals surface area contributed by atoms with Crippen molar-refractivity contribution in [3.8, 4) is 0 Å². The number of imidazole rings is 1. The van der Waals surface area contributed by atoms with Gasteiger partial charge in [-0.1, -0.05) is 30.3 Å². The van der Waals surface area contributed by atoms with E-state index in [0.29, 0.717) is 17.8 Å². The van der Waals surface area contributed by atoms with Crippen molar-refractivity contribution >= 4 is 22.5 Å². The SMILES string of the molecule is O=C(Nc1c[nH]c2ccccc12)c1cn(Cc2ccc(C(F)(F)F)cc2)cn1. The van der Waals surface area contributed by atoms with E-state index in [1.54, 1.807) is 17.0 Å². The highest BCUT2D eigenvalue weighted by molar-refractivity contribution is 6.07. The third-order valence-corrected chi connectivity index (χ3v) is 4.35. The van der Waals surface area contributed by atoms with Crippen molar-refractivity contribution in [1.82, 2.24) is 14.5 Å². The number of halogens is 3. The molecule has 8 heteroatoms. The molecule has 0 aliphatic carbocycles. The van der Waals surface area contributed by atoms with Crippen molar-refractivity contribution in [2.24, 2.45) is 0 Å². The quantitative estimate of drug-likeness (QED) is 0.536. The molecule has 2 N–H and O–H groups in total. The normalized spacial score (nSPS) is 11.7. The Balaban J connectivity index is 1.46. The minimum atomic E-state index is -4.36. The van der Waals surface area contributed by atoms with Gasteiger partial charge in [0.05, 0.1) is 17.6 Å². The number of carbonyl (C=O) groups is 1. The number of rotatable bonds is 4. The fourth-order valence-corrected chi connectivity index (χ4v) is 2.94. The first-order chi connectivity index (χ1) is 13.4. The number of fused-ring (bicyclic) bond motifs is 1. The molecule has 2 aromatic heterocycles. The minimum Gasteiger partial charge on any atom is -0.359 e. The summed E-state index contributed by atoms with van der Waals surface area (Å²) in [6, 6.07) is 12.5. The standard InChI is InChI=1S/C20H15F3N4O/c21-20(22,23)14-7-5-13(6-8-14)10-27-11-18(25-12-27)19(28)26-17-9-24-16-4-2-1-3-15(16)17/h1-9,11-12,24H,10H2,(H,26,28). The van der Waals surface area contributed by atoms with Crippen LogP contribution in [0.5, 0.6) is 0 Å². The van der Waals surface area contributed by atoms with Crippen molar-refractivity contribution < 1.29 is 18.0 Å². The van der Waals surface area contributed by atoms with Crippen LogP contribution in [0.1, 0.15) is 21.6 Å². The molecule has 28 heavy (non-hydrogen) atoms. The Bertz CT molecular complexity index is 1130. The first-order valence-corrected chi connectivity index (χ1v) is 8.45. The largest absolute Gasteiger partial charge is 0.416 e. The molecule has 0 bridgehead atoms. The Labute approximate surface area is 157 Å². The maximum absolute atomic E-state index is 12.6. The van der Waals surface area contributed by atoms with Crippen LogP contribution in [0.25, 0.3) is 10.9 Å². The zero-order valence-corrected chi connectivity index (χ0v) is 14.5. The molecule has 0 fully saturated rings. The molecule has 0 saturated heterocycles. The number of H-pyrrole nitrogens is 1. The van der Waals surface area contributed by atoms with Gasteiger partial charge in [-0.2, -0.15) is 13.2 Å². The molecular formula is C20H15F3N4O. The van der Waals surface area contributed by atoms with Gasteiger partial charge in [0.2, 0.25) is 0 Å². The van der Waals surface area contributed by atoms with E-state index in [1.165, 1.54) is 18.5 Å². The second-order valence-electron chi connectivity index (χ2n) is 6.33. The summed E-state index contributed by atoms with van der Waals surface area (Å²) in [5, 5.41) is 3.70. The third-order valence-electron chi connectivity index (χ3n) is 4.35. The molecule has 0 unspecified atom stereocenters. The highest BCUT2D eigenvalue weighted by atomic mass is 19.4. The summed E-state index contributed by atoms with van der Waals surface area (Å²) in [4.78, 5) is 19.6. The van der Waals surface area contributed by atoms with Gasteiger partial charge >= 0.3 is 6.18 Å². The zero-order chi connectivity index (χ0) is 19.7. The summed E-state index contributed by atoms with van der Waals surface area (Å²) < 4.78 is 39.5. The smallest absolute Gasteiger partial charge is 0.359 e. The lowest BCUT2D eigenvalue weighted by molar-refractivity contribution is -0.137. The highest BCUT2D eigenvalue weighted by Crippen LogP contribution is 2.29. The molecule has 0 saturated carbocycles. The summed E-state index contributed by atoms with van der Waals surface area (Å²) in [6.45, 7) is 0.311. The molecule has 0 aliphatic rings. The highest BCUT2D eigenvalue weighted by Gasteiger charge is 2.29. The van der Waals surface area contributed by atoms with Crippen LogP contribution in [0, 0.1) is 0 Å². The summed E-state index contributed by atoms with van der Waals surface area (Å²) in [5.74, 6) is -0.365. The summed E-state index contributed by atoms with van der Waals surface area (Å²) in [7, 11) is 0. The van der Waals surface area contributed by atoms with Crippen molar-refractivity contribution in [3.63, 3.8) is 0 Å². The van der Waals surface area contributed by atoms with Gasteiger partial charge in [-0.25, -0.2) is 4.98 Å². The number of carbonyl (C=O) groups excluding carboxylic acids is 1. The lowest BCUT2D eigenvalue weighted by atomic mass is 10.1. The zero-order valence-electron chi connectivity index (χ0n) is 14.5. The molecule has 4 aromatic rings. The van der Waals surface area contributed by atoms with Crippen LogP contribution in [0.3, 0.4) is 0 Å². The van der Waals surface area contributed by atoms with E-state index in [4.69, 9.17) is 0 Å². The number of anilines is 1. The van der Waals surface area contributed by atoms with E-state index < -0.39 is 11.7 Å². The van der Waals surface area contributed by atoms with E-state index in [9.17, 15) is 18.0 Å². The number of benzene rings is 2. The number of para-hydroxylation sites is 1. The Hall–Kier alpha value is -3.55. The van der Waals surface area contributed by atoms with Crippen LogP contribution in [-0.4, -0.2) is 20.4 Å². The minimum absolute atomic E-state index is 0.220. The Kier molecular flexibility index (Phi) is 4.38. The number of nitrogens with one attached hydrogen (secondary N) is 2. The van der Waals surface area contributed by atoms with Crippen LogP contribution < -0.4 is 5.32 Å². The van der Waals surface area contributed by atoms with Gasteiger partial charge < -0.3 is 14.9 Å². The summed E-state index contributed by atoms with van der Waals surface area (Å²) >= 11 is 0. The van der Waals surface area contributed by atoms with Gasteiger partial charge in [-0.15, -0.1) is 0 Å². The molecule has 142 valence electrons. The van der Waals surface area contributed by atoms with E-state index in [-0.39, 0.29) is 11.6 Å². The second-order valence-corrected chi connectivity index (χ2v) is 6.33. The van der Waals surface area contributed by atoms with Crippen LogP contribution >= 0.6 is 0 Å². The van der Waals surface area contributed by atoms with Gasteiger partial charge in [-0.3, -0.25) is 4.79 Å². The van der Waals surface area contributed by atoms with E-state index >= 15 is 0 Å². The first kappa shape index (κ1) is 17.8. The summed E-state index contributed by atoms with van der Waals surface area (Å²) in [5.41, 5.74) is 1.76. The Morgan fingerprint density at radius 3 is 2.61 bits per heavy atom. The fourth-order valence-electron chi connectivity index (χ4n) is 2.94. The van der Waals surface area contributed by atoms with Crippen molar-refractivity contribution in [3.05, 3.63) is 84.1 Å². The molecule has 0 aliphatic heterocycles. The number of hydrogen-bond donors (Lipinski definition) is 2. The number of aromatic amines is 1. The number of nitrogens with zero attached hydrogens (tertiary/aromatic N) is 2. The van der Waals surface area contributed by atoms with E-state index in [0.717, 1.165) is 23.0 Å². The van der Waals surface area contributed by atoms with Gasteiger partial charge in [0.25, 0.3) is 5.91 Å². The number of hydrogen-bond acceptors (Lipinski definition) is 2. The number of amides is 1. The second kappa shape index (κ2) is 6.88. The number of aromatic nitrogens is 3. The Morgan fingerprint density at radius 1 is 1.11 bits per heavy atom. The van der Waals surface area contributed by atoms with Gasteiger partial charge in [-0.05, 0) is 23.8 Å². The lowest BCUT2D eigenvalue weighted by Crippen LogP contribution is -2.12. The van der Waals surface area contributed by atoms with Crippen LogP contribution in [0.15, 0.2) is 67.3 Å². The maximum Gasteiger partial charge on any atom is 0.416 e. The third kappa shape index (κ3) is 3.62. The summed E-state index contributed by atoms with van der Waals surface area (Å²) in [6.07, 6.45) is 0.382. The average molecular weight is 384 g/mol. The van der Waals surface area contributed by atoms with E-state index in [2.05, 4.69) is 15.3 Å². The molecule has 0 radical (unpaired) electrons. The van der Waals surface area contributed by atoms with Crippen LogP contribution in [-0.2, 0) is 12.7 Å². The Morgan fingerprint density at radius 2 is 1.86 bits per heavy atom. The molecule has 2 aromatic carbocycles. The predicted octanol–water partition coefficient (Wildman–Crippen LogP) is 4.68. The molecule has 2 heterocycles. The topological polar surface area (TPSA) is 62.7 Å². The van der Waals surface area contributed by atoms with Crippen LogP contribution in [0.4, 0.5) is 18.9 Å². The van der Waals surface area contributed by atoms with Gasteiger partial charge in [0.1, 0.15) is 5.69 Å². The molecular weight excluding hydrogens is 369 g/mol. The van der Waals surface area contributed by atoms with Gasteiger partial charge in [0, 0.05) is 29.8 Å². The maximum atomic E-state index is 12.6. The molecule has 0 atom stereocenters. The molecule has 5 nitrogen and oxygen atoms in total. The molecule has 0 spiro atoms.